The quantitative estimate of drug-likeness (QED) is 0.869. The molecule has 110 valence electrons. The van der Waals surface area contributed by atoms with Crippen LogP contribution in [0.15, 0.2) is 53.0 Å². The van der Waals surface area contributed by atoms with Crippen LogP contribution in [0.25, 0.3) is 0 Å². The van der Waals surface area contributed by atoms with Crippen molar-refractivity contribution in [3.8, 4) is 0 Å². The highest BCUT2D eigenvalue weighted by Gasteiger charge is 2.19. The summed E-state index contributed by atoms with van der Waals surface area (Å²) in [5.41, 5.74) is 7.97. The second-order valence-electron chi connectivity index (χ2n) is 5.55. The van der Waals surface area contributed by atoms with E-state index < -0.39 is 5.91 Å². The smallest absolute Gasteiger partial charge is 0.248 e. The molecule has 0 heterocycles. The lowest BCUT2D eigenvalue weighted by Crippen LogP contribution is -2.35. The Morgan fingerprint density at radius 2 is 1.67 bits per heavy atom. The Labute approximate surface area is 133 Å². The molecule has 21 heavy (non-hydrogen) atoms. The van der Waals surface area contributed by atoms with Crippen molar-refractivity contribution in [1.82, 2.24) is 5.32 Å². The molecule has 0 radical (unpaired) electrons. The van der Waals surface area contributed by atoms with Gasteiger partial charge in [0.25, 0.3) is 0 Å². The molecule has 0 spiro atoms. The number of amides is 1. The normalized spacial score (nSPS) is 11.4. The largest absolute Gasteiger partial charge is 0.366 e. The number of rotatable bonds is 5. The van der Waals surface area contributed by atoms with Gasteiger partial charge in [0.15, 0.2) is 0 Å². The SMILES string of the molecule is CC(C)(NCc1ccc(C(N)=O)cc1)c1ccc(Br)cc1. The predicted molar refractivity (Wildman–Crippen MR) is 89.0 cm³/mol. The van der Waals surface area contributed by atoms with Crippen LogP contribution in [0, 0.1) is 0 Å². The minimum atomic E-state index is -0.398. The molecule has 0 aliphatic carbocycles. The highest BCUT2D eigenvalue weighted by Crippen LogP contribution is 2.22. The highest BCUT2D eigenvalue weighted by atomic mass is 79.9. The molecule has 1 amide bonds. The van der Waals surface area contributed by atoms with E-state index in [0.717, 1.165) is 16.6 Å². The van der Waals surface area contributed by atoms with E-state index >= 15 is 0 Å². The molecule has 0 aromatic heterocycles. The van der Waals surface area contributed by atoms with Crippen molar-refractivity contribution in [1.29, 1.82) is 0 Å². The molecular weight excluding hydrogens is 328 g/mol. The van der Waals surface area contributed by atoms with Crippen molar-refractivity contribution in [2.75, 3.05) is 0 Å². The first-order chi connectivity index (χ1) is 9.88. The van der Waals surface area contributed by atoms with Crippen LogP contribution in [0.1, 0.15) is 35.3 Å². The summed E-state index contributed by atoms with van der Waals surface area (Å²) < 4.78 is 1.07. The van der Waals surface area contributed by atoms with Crippen LogP contribution >= 0.6 is 15.9 Å². The molecule has 0 fully saturated rings. The first-order valence-corrected chi connectivity index (χ1v) is 7.57. The Hall–Kier alpha value is -1.65. The van der Waals surface area contributed by atoms with Gasteiger partial charge in [-0.25, -0.2) is 0 Å². The van der Waals surface area contributed by atoms with Crippen molar-refractivity contribution in [2.24, 2.45) is 5.73 Å². The molecule has 0 unspecified atom stereocenters. The van der Waals surface area contributed by atoms with Gasteiger partial charge in [-0.2, -0.15) is 0 Å². The second-order valence-corrected chi connectivity index (χ2v) is 6.46. The number of nitrogens with two attached hydrogens (primary N) is 1. The number of carbonyl (C=O) groups excluding carboxylic acids is 1. The average molecular weight is 347 g/mol. The zero-order chi connectivity index (χ0) is 15.5. The first kappa shape index (κ1) is 15.7. The summed E-state index contributed by atoms with van der Waals surface area (Å²) in [6.45, 7) is 5.02. The van der Waals surface area contributed by atoms with E-state index in [-0.39, 0.29) is 5.54 Å². The van der Waals surface area contributed by atoms with E-state index in [0.29, 0.717) is 5.56 Å². The van der Waals surface area contributed by atoms with Gasteiger partial charge in [-0.1, -0.05) is 40.2 Å². The molecule has 2 aromatic rings. The zero-order valence-electron chi connectivity index (χ0n) is 12.2. The summed E-state index contributed by atoms with van der Waals surface area (Å²) >= 11 is 3.45. The van der Waals surface area contributed by atoms with Crippen LogP contribution in [0.2, 0.25) is 0 Å². The third-order valence-corrected chi connectivity index (χ3v) is 4.07. The van der Waals surface area contributed by atoms with Gasteiger partial charge < -0.3 is 11.1 Å². The summed E-state index contributed by atoms with van der Waals surface area (Å²) in [5.74, 6) is -0.398. The van der Waals surface area contributed by atoms with E-state index in [1.54, 1.807) is 12.1 Å². The number of benzene rings is 2. The number of carbonyl (C=O) groups is 1. The van der Waals surface area contributed by atoms with Crippen molar-refractivity contribution in [2.45, 2.75) is 25.9 Å². The third kappa shape index (κ3) is 4.16. The number of halogens is 1. The maximum Gasteiger partial charge on any atom is 0.248 e. The van der Waals surface area contributed by atoms with E-state index in [2.05, 4.69) is 47.2 Å². The maximum absolute atomic E-state index is 11.0. The lowest BCUT2D eigenvalue weighted by Gasteiger charge is -2.27. The summed E-state index contributed by atoms with van der Waals surface area (Å²) in [7, 11) is 0. The molecule has 0 aliphatic heterocycles. The molecule has 0 atom stereocenters. The van der Waals surface area contributed by atoms with Gasteiger partial charge in [0.2, 0.25) is 5.91 Å². The van der Waals surface area contributed by atoms with Gasteiger partial charge in [0, 0.05) is 22.1 Å². The fourth-order valence-electron chi connectivity index (χ4n) is 2.08. The van der Waals surface area contributed by atoms with Crippen molar-refractivity contribution >= 4 is 21.8 Å². The second kappa shape index (κ2) is 6.41. The molecular formula is C17H19BrN2O. The summed E-state index contributed by atoms with van der Waals surface area (Å²) in [5, 5.41) is 3.53. The fraction of sp³-hybridized carbons (Fsp3) is 0.235. The minimum Gasteiger partial charge on any atom is -0.366 e. The van der Waals surface area contributed by atoms with Crippen LogP contribution in [0.5, 0.6) is 0 Å². The van der Waals surface area contributed by atoms with Gasteiger partial charge in [0.1, 0.15) is 0 Å². The molecule has 4 heteroatoms. The molecule has 2 aromatic carbocycles. The van der Waals surface area contributed by atoms with Crippen LogP contribution in [-0.4, -0.2) is 5.91 Å². The molecule has 2 rings (SSSR count). The standard InChI is InChI=1S/C17H19BrN2O/c1-17(2,14-7-9-15(18)10-8-14)20-11-12-3-5-13(6-4-12)16(19)21/h3-10,20H,11H2,1-2H3,(H2,19,21). The highest BCUT2D eigenvalue weighted by molar-refractivity contribution is 9.10. The molecule has 3 nitrogen and oxygen atoms in total. The number of hydrogen-bond acceptors (Lipinski definition) is 2. The summed E-state index contributed by atoms with van der Waals surface area (Å²) in [6, 6.07) is 15.6. The topological polar surface area (TPSA) is 55.1 Å². The lowest BCUT2D eigenvalue weighted by molar-refractivity contribution is 0.100. The Morgan fingerprint density at radius 1 is 1.10 bits per heavy atom. The van der Waals surface area contributed by atoms with Crippen molar-refractivity contribution in [3.05, 3.63) is 69.7 Å². The number of nitrogens with one attached hydrogen (secondary N) is 1. The molecule has 3 N–H and O–H groups in total. The van der Waals surface area contributed by atoms with Gasteiger partial charge in [0.05, 0.1) is 0 Å². The van der Waals surface area contributed by atoms with Gasteiger partial charge in [-0.05, 0) is 49.2 Å². The lowest BCUT2D eigenvalue weighted by atomic mass is 9.94. The molecule has 0 saturated carbocycles. The summed E-state index contributed by atoms with van der Waals surface area (Å²) in [4.78, 5) is 11.0. The van der Waals surface area contributed by atoms with Gasteiger partial charge in [-0.15, -0.1) is 0 Å². The van der Waals surface area contributed by atoms with E-state index in [4.69, 9.17) is 5.73 Å². The maximum atomic E-state index is 11.0. The minimum absolute atomic E-state index is 0.136. The molecule has 0 aliphatic rings. The number of primary amides is 1. The van der Waals surface area contributed by atoms with Gasteiger partial charge in [-0.3, -0.25) is 4.79 Å². The third-order valence-electron chi connectivity index (χ3n) is 3.54. The Morgan fingerprint density at radius 3 is 2.19 bits per heavy atom. The van der Waals surface area contributed by atoms with Crippen molar-refractivity contribution in [3.63, 3.8) is 0 Å². The molecule has 0 bridgehead atoms. The average Bonchev–Trinajstić information content (AvgIpc) is 2.46. The van der Waals surface area contributed by atoms with Crippen LogP contribution in [0.4, 0.5) is 0 Å². The van der Waals surface area contributed by atoms with E-state index in [1.807, 2.05) is 24.3 Å². The van der Waals surface area contributed by atoms with Crippen LogP contribution in [-0.2, 0) is 12.1 Å². The predicted octanol–water partition coefficient (Wildman–Crippen LogP) is 3.57. The monoisotopic (exact) mass is 346 g/mol. The zero-order valence-corrected chi connectivity index (χ0v) is 13.8. The first-order valence-electron chi connectivity index (χ1n) is 6.78. The van der Waals surface area contributed by atoms with Crippen LogP contribution in [0.3, 0.4) is 0 Å². The van der Waals surface area contributed by atoms with E-state index in [1.165, 1.54) is 5.56 Å². The Bertz CT molecular complexity index is 618. The number of hydrogen-bond donors (Lipinski definition) is 2. The van der Waals surface area contributed by atoms with Gasteiger partial charge >= 0.3 is 0 Å². The molecule has 0 saturated heterocycles. The summed E-state index contributed by atoms with van der Waals surface area (Å²) in [6.07, 6.45) is 0. The Balaban J connectivity index is 2.04. The van der Waals surface area contributed by atoms with E-state index in [9.17, 15) is 4.79 Å². The fourth-order valence-corrected chi connectivity index (χ4v) is 2.34. The van der Waals surface area contributed by atoms with Crippen molar-refractivity contribution < 1.29 is 4.79 Å². The Kier molecular flexibility index (Phi) is 4.80. The van der Waals surface area contributed by atoms with Crippen LogP contribution < -0.4 is 11.1 Å².